The number of ketones is 1. The second-order valence-corrected chi connectivity index (χ2v) is 1.54. The Kier molecular flexibility index (Phi) is 2.65. The number of Topliss-reactive ketones (excluding diaryl/α,β-unsaturated/α-hetero) is 1. The van der Waals surface area contributed by atoms with Gasteiger partial charge in [-0.05, 0) is 6.42 Å². The molecule has 0 aliphatic rings. The molecule has 0 fully saturated rings. The molecule has 0 saturated heterocycles. The second-order valence-electron chi connectivity index (χ2n) is 1.54. The highest BCUT2D eigenvalue weighted by atomic mass is 16.1. The van der Waals surface area contributed by atoms with E-state index in [1.807, 2.05) is 6.92 Å². The highest BCUT2D eigenvalue weighted by Crippen LogP contribution is 1.90. The number of carbonyl (C=O) groups is 1. The first-order valence-electron chi connectivity index (χ1n) is 3.33. The number of carbonyl (C=O) groups excluding carboxylic acids is 1. The maximum atomic E-state index is 10.5. The molecule has 0 rings (SSSR count). The van der Waals surface area contributed by atoms with Gasteiger partial charge in [0.15, 0.2) is 0 Å². The van der Waals surface area contributed by atoms with E-state index in [2.05, 4.69) is 0 Å². The third kappa shape index (κ3) is 3.50. The monoisotopic (exact) mass is 101 g/mol. The van der Waals surface area contributed by atoms with Crippen molar-refractivity contribution in [2.45, 2.75) is 33.1 Å². The molecule has 0 unspecified atom stereocenters. The highest BCUT2D eigenvalue weighted by Gasteiger charge is 1.91. The van der Waals surface area contributed by atoms with Crippen LogP contribution in [0.25, 0.3) is 0 Å². The Hall–Kier alpha value is -0.330. The topological polar surface area (TPSA) is 17.1 Å². The zero-order valence-electron chi connectivity index (χ0n) is 5.74. The van der Waals surface area contributed by atoms with Gasteiger partial charge in [-0.15, -0.1) is 0 Å². The smallest absolute Gasteiger partial charge is 0.132 e. The van der Waals surface area contributed by atoms with E-state index >= 15 is 0 Å². The molecular weight excluding hydrogens is 88.1 g/mol. The van der Waals surface area contributed by atoms with Gasteiger partial charge in [0.2, 0.25) is 0 Å². The van der Waals surface area contributed by atoms with Crippen molar-refractivity contribution in [3.05, 3.63) is 0 Å². The predicted molar refractivity (Wildman–Crippen MR) is 30.2 cm³/mol. The lowest BCUT2D eigenvalue weighted by molar-refractivity contribution is -0.118. The summed E-state index contributed by atoms with van der Waals surface area (Å²) in [6, 6.07) is 0. The first-order valence-corrected chi connectivity index (χ1v) is 2.62. The van der Waals surface area contributed by atoms with E-state index < -0.39 is 0 Å². The molecular formula is C6H12O. The van der Waals surface area contributed by atoms with Gasteiger partial charge in [-0.25, -0.2) is 0 Å². The predicted octanol–water partition coefficient (Wildman–Crippen LogP) is 1.77. The Bertz CT molecular complexity index is 62.9. The second kappa shape index (κ2) is 3.85. The Balaban J connectivity index is 3.06. The molecule has 0 aliphatic heterocycles. The molecule has 1 heteroatoms. The van der Waals surface area contributed by atoms with Crippen LogP contribution in [0.1, 0.15) is 34.5 Å². The average Bonchev–Trinajstić information content (AvgIpc) is 1.68. The fraction of sp³-hybridized carbons (Fsp3) is 0.833. The standard InChI is InChI=1S/C6H12O/c1-3-5-6(7)4-2/h3-5H2,1-2H3/i2D. The molecule has 0 aromatic rings. The Morgan fingerprint density at radius 3 is 3.00 bits per heavy atom. The van der Waals surface area contributed by atoms with E-state index in [-0.39, 0.29) is 12.7 Å². The first-order chi connectivity index (χ1) is 3.81. The van der Waals surface area contributed by atoms with Crippen molar-refractivity contribution in [1.82, 2.24) is 0 Å². The maximum absolute atomic E-state index is 10.5. The Morgan fingerprint density at radius 2 is 2.57 bits per heavy atom. The van der Waals surface area contributed by atoms with Crippen LogP contribution in [-0.2, 0) is 4.79 Å². The summed E-state index contributed by atoms with van der Waals surface area (Å²) in [5.41, 5.74) is 0. The fourth-order valence-electron chi connectivity index (χ4n) is 0.404. The molecule has 0 aliphatic carbocycles. The van der Waals surface area contributed by atoms with Crippen LogP contribution in [0, 0.1) is 0 Å². The summed E-state index contributed by atoms with van der Waals surface area (Å²) in [6.07, 6.45) is 2.01. The van der Waals surface area contributed by atoms with Crippen LogP contribution in [0.15, 0.2) is 0 Å². The summed E-state index contributed by atoms with van der Waals surface area (Å²) < 4.78 is 6.69. The van der Waals surface area contributed by atoms with Gasteiger partial charge < -0.3 is 0 Å². The minimum atomic E-state index is 0.225. The van der Waals surface area contributed by atoms with Crippen molar-refractivity contribution in [2.24, 2.45) is 0 Å². The summed E-state index contributed by atoms with van der Waals surface area (Å²) in [5, 5.41) is 0. The van der Waals surface area contributed by atoms with Gasteiger partial charge in [-0.2, -0.15) is 0 Å². The fourth-order valence-corrected chi connectivity index (χ4v) is 0.404. The number of hydrogen-bond donors (Lipinski definition) is 0. The van der Waals surface area contributed by atoms with Crippen LogP contribution in [0.5, 0.6) is 0 Å². The van der Waals surface area contributed by atoms with Gasteiger partial charge in [0.25, 0.3) is 0 Å². The summed E-state index contributed by atoms with van der Waals surface area (Å²) in [4.78, 5) is 10.5. The SMILES string of the molecule is [2H]CCC(=O)CCC. The molecule has 0 aromatic carbocycles. The molecule has 0 spiro atoms. The van der Waals surface area contributed by atoms with Crippen LogP contribution < -0.4 is 0 Å². The quantitative estimate of drug-likeness (QED) is 0.529. The van der Waals surface area contributed by atoms with Crippen LogP contribution in [0.4, 0.5) is 0 Å². The van der Waals surface area contributed by atoms with Crippen molar-refractivity contribution in [3.63, 3.8) is 0 Å². The summed E-state index contributed by atoms with van der Waals surface area (Å²) in [6.45, 7) is 2.22. The van der Waals surface area contributed by atoms with Crippen molar-refractivity contribution in [1.29, 1.82) is 0 Å². The molecule has 7 heavy (non-hydrogen) atoms. The minimum absolute atomic E-state index is 0.225. The summed E-state index contributed by atoms with van der Waals surface area (Å²) in [7, 11) is 0. The van der Waals surface area contributed by atoms with E-state index in [9.17, 15) is 4.79 Å². The normalized spacial score (nSPS) is 10.7. The van der Waals surface area contributed by atoms with Crippen molar-refractivity contribution in [3.8, 4) is 0 Å². The molecule has 0 N–H and O–H groups in total. The lowest BCUT2D eigenvalue weighted by Gasteiger charge is -1.87. The lowest BCUT2D eigenvalue weighted by Crippen LogP contribution is -1.91. The van der Waals surface area contributed by atoms with E-state index in [1.165, 1.54) is 0 Å². The van der Waals surface area contributed by atoms with Crippen LogP contribution in [0.3, 0.4) is 0 Å². The highest BCUT2D eigenvalue weighted by molar-refractivity contribution is 5.77. The molecule has 0 heterocycles. The lowest BCUT2D eigenvalue weighted by atomic mass is 10.2. The Morgan fingerprint density at radius 1 is 1.86 bits per heavy atom. The van der Waals surface area contributed by atoms with E-state index in [4.69, 9.17) is 1.37 Å². The van der Waals surface area contributed by atoms with Gasteiger partial charge in [-0.3, -0.25) is 4.79 Å². The molecule has 0 aromatic heterocycles. The molecule has 0 bridgehead atoms. The van der Waals surface area contributed by atoms with E-state index in [0.717, 1.165) is 6.42 Å². The first kappa shape index (κ1) is 4.82. The molecule has 0 radical (unpaired) electrons. The zero-order valence-corrected chi connectivity index (χ0v) is 4.74. The minimum Gasteiger partial charge on any atom is -0.300 e. The zero-order chi connectivity index (χ0) is 6.41. The van der Waals surface area contributed by atoms with Gasteiger partial charge in [0.05, 0.1) is 0 Å². The number of rotatable bonds is 3. The average molecular weight is 101 g/mol. The van der Waals surface area contributed by atoms with E-state index in [0.29, 0.717) is 12.8 Å². The van der Waals surface area contributed by atoms with Crippen LogP contribution >= 0.6 is 0 Å². The van der Waals surface area contributed by atoms with Crippen LogP contribution in [-0.4, -0.2) is 5.78 Å². The van der Waals surface area contributed by atoms with Gasteiger partial charge >= 0.3 is 0 Å². The van der Waals surface area contributed by atoms with Gasteiger partial charge in [0.1, 0.15) is 5.78 Å². The molecule has 0 saturated carbocycles. The van der Waals surface area contributed by atoms with E-state index in [1.54, 1.807) is 0 Å². The van der Waals surface area contributed by atoms with Gasteiger partial charge in [-0.1, -0.05) is 13.8 Å². The summed E-state index contributed by atoms with van der Waals surface area (Å²) >= 11 is 0. The molecule has 0 atom stereocenters. The summed E-state index contributed by atoms with van der Waals surface area (Å²) in [5.74, 6) is 0.225. The Labute approximate surface area is 46.1 Å². The third-order valence-electron chi connectivity index (χ3n) is 0.808. The third-order valence-corrected chi connectivity index (χ3v) is 0.808. The molecule has 42 valence electrons. The largest absolute Gasteiger partial charge is 0.300 e. The van der Waals surface area contributed by atoms with Crippen molar-refractivity contribution in [2.75, 3.05) is 0 Å². The maximum Gasteiger partial charge on any atom is 0.132 e. The van der Waals surface area contributed by atoms with Gasteiger partial charge in [0, 0.05) is 14.2 Å². The van der Waals surface area contributed by atoms with Crippen molar-refractivity contribution < 1.29 is 6.17 Å². The molecule has 1 nitrogen and oxygen atoms in total. The van der Waals surface area contributed by atoms with Crippen LogP contribution in [0.2, 0.25) is 0 Å². The number of hydrogen-bond acceptors (Lipinski definition) is 1. The molecule has 0 amide bonds. The van der Waals surface area contributed by atoms with Crippen molar-refractivity contribution >= 4 is 5.78 Å².